The smallest absolute Gasteiger partial charge is 0.410 e. The maximum absolute atomic E-state index is 13.0. The molecule has 3 saturated heterocycles. The minimum Gasteiger partial charge on any atom is -0.443 e. The Bertz CT molecular complexity index is 1320. The monoisotopic (exact) mass is 714 g/mol. The zero-order chi connectivity index (χ0) is 36.3. The van der Waals surface area contributed by atoms with Gasteiger partial charge >= 0.3 is 6.09 Å². The van der Waals surface area contributed by atoms with Crippen molar-refractivity contribution in [1.82, 2.24) is 14.7 Å². The van der Waals surface area contributed by atoms with E-state index in [1.54, 1.807) is 4.90 Å². The fourth-order valence-electron chi connectivity index (χ4n) is 14.6. The summed E-state index contributed by atoms with van der Waals surface area (Å²) in [5.74, 6) is 1.99. The summed E-state index contributed by atoms with van der Waals surface area (Å²) in [6.45, 7) is 23.0. The van der Waals surface area contributed by atoms with Crippen molar-refractivity contribution in [3.63, 3.8) is 0 Å². The zero-order valence-electron chi connectivity index (χ0n) is 33.5. The number of fused-ring (bicyclic) bond motifs is 4. The van der Waals surface area contributed by atoms with Crippen molar-refractivity contribution in [3.8, 4) is 0 Å². The van der Waals surface area contributed by atoms with Gasteiger partial charge in [0.1, 0.15) is 6.10 Å². The molecule has 0 aromatic rings. The third kappa shape index (κ3) is 5.38. The van der Waals surface area contributed by atoms with E-state index in [1.807, 2.05) is 0 Å². The summed E-state index contributed by atoms with van der Waals surface area (Å²) < 4.78 is 26.4. The Morgan fingerprint density at radius 1 is 1.00 bits per heavy atom. The van der Waals surface area contributed by atoms with E-state index in [0.717, 1.165) is 65.1 Å². The predicted octanol–water partition coefficient (Wildman–Crippen LogP) is 6.27. The van der Waals surface area contributed by atoms with Crippen LogP contribution in [0.1, 0.15) is 106 Å². The molecule has 1 amide bonds. The summed E-state index contributed by atoms with van der Waals surface area (Å²) in [5, 5.41) is 12.7. The van der Waals surface area contributed by atoms with Gasteiger partial charge in [0.25, 0.3) is 0 Å². The lowest BCUT2D eigenvalue weighted by Gasteiger charge is -2.64. The van der Waals surface area contributed by atoms with Crippen LogP contribution in [0, 0.1) is 56.7 Å². The van der Waals surface area contributed by atoms with Gasteiger partial charge in [0.05, 0.1) is 31.0 Å². The Hall–Kier alpha value is -0.970. The summed E-state index contributed by atoms with van der Waals surface area (Å²) in [7, 11) is 4.29. The number of ether oxygens (including phenoxy) is 4. The van der Waals surface area contributed by atoms with Gasteiger partial charge in [-0.2, -0.15) is 0 Å². The van der Waals surface area contributed by atoms with Crippen molar-refractivity contribution in [2.45, 2.75) is 143 Å². The van der Waals surface area contributed by atoms with Crippen molar-refractivity contribution < 1.29 is 28.8 Å². The van der Waals surface area contributed by atoms with Crippen molar-refractivity contribution in [1.29, 1.82) is 0 Å². The quantitative estimate of drug-likeness (QED) is 0.315. The van der Waals surface area contributed by atoms with E-state index in [4.69, 9.17) is 18.9 Å². The number of hydrogen-bond acceptors (Lipinski definition) is 8. The van der Waals surface area contributed by atoms with Crippen LogP contribution in [0.5, 0.6) is 0 Å². The number of rotatable bonds is 8. The van der Waals surface area contributed by atoms with Crippen LogP contribution < -0.4 is 0 Å². The third-order valence-corrected chi connectivity index (χ3v) is 17.4. The lowest BCUT2D eigenvalue weighted by Crippen LogP contribution is -2.60. The molecule has 3 heterocycles. The van der Waals surface area contributed by atoms with Gasteiger partial charge in [-0.25, -0.2) is 4.79 Å². The van der Waals surface area contributed by atoms with Gasteiger partial charge in [-0.1, -0.05) is 48.5 Å². The Balaban J connectivity index is 0.993. The standard InChI is InChI=1S/C42H71N3O6/c1-26(2)34(51-37(47)45-17-10-18-45)28-23-27(3)33-35(49-28)36(46)40(7)30-12-11-29-38(4,5)31(50-32-24-44(21-22-48-32)20-19-43(8)9)13-14-41(29)25-42(30,41)16-15-39(33,40)6/h26-36,46H,10-25H2,1-9H3/t27-,28?,29+,30?,31+,32+,33+,34-,35?,36+,39-,40-,41-,42?/m1/s1. The Labute approximate surface area is 308 Å². The molecule has 8 rings (SSSR count). The van der Waals surface area contributed by atoms with Crippen LogP contribution >= 0.6 is 0 Å². The molecule has 4 unspecified atom stereocenters. The highest BCUT2D eigenvalue weighted by atomic mass is 16.7. The molecule has 9 heteroatoms. The topological polar surface area (TPSA) is 83.9 Å². The molecule has 0 aromatic carbocycles. The number of aliphatic hydroxyl groups is 1. The maximum Gasteiger partial charge on any atom is 0.410 e. The van der Waals surface area contributed by atoms with Gasteiger partial charge < -0.3 is 33.9 Å². The number of aliphatic hydroxyl groups excluding tert-OH is 1. The molecule has 5 saturated carbocycles. The first-order chi connectivity index (χ1) is 24.1. The number of hydrogen-bond donors (Lipinski definition) is 1. The first-order valence-corrected chi connectivity index (χ1v) is 21.0. The molecule has 51 heavy (non-hydrogen) atoms. The molecule has 3 aliphatic heterocycles. The molecule has 2 spiro atoms. The van der Waals surface area contributed by atoms with E-state index >= 15 is 0 Å². The van der Waals surface area contributed by atoms with E-state index in [2.05, 4.69) is 72.4 Å². The summed E-state index contributed by atoms with van der Waals surface area (Å²) in [6.07, 6.45) is 9.09. The molecular formula is C42H71N3O6. The second-order valence-corrected chi connectivity index (χ2v) is 20.5. The van der Waals surface area contributed by atoms with Gasteiger partial charge in [0, 0.05) is 44.7 Å². The van der Waals surface area contributed by atoms with E-state index in [9.17, 15) is 9.90 Å². The maximum atomic E-state index is 13.0. The molecule has 8 fully saturated rings. The molecule has 5 aliphatic carbocycles. The normalized spacial score (nSPS) is 49.3. The van der Waals surface area contributed by atoms with Crippen molar-refractivity contribution in [2.24, 2.45) is 56.7 Å². The second-order valence-electron chi connectivity index (χ2n) is 20.5. The highest BCUT2D eigenvalue weighted by Gasteiger charge is 2.84. The molecule has 8 aliphatic rings. The summed E-state index contributed by atoms with van der Waals surface area (Å²) >= 11 is 0. The molecule has 0 radical (unpaired) electrons. The number of carbonyl (C=O) groups excluding carboxylic acids is 1. The largest absolute Gasteiger partial charge is 0.443 e. The molecule has 14 atom stereocenters. The second kappa shape index (κ2) is 12.8. The van der Waals surface area contributed by atoms with Crippen LogP contribution in [-0.4, -0.2) is 123 Å². The Kier molecular flexibility index (Phi) is 9.28. The third-order valence-electron chi connectivity index (χ3n) is 17.4. The number of morpholine rings is 1. The highest BCUT2D eigenvalue weighted by Crippen LogP contribution is 2.89. The first-order valence-electron chi connectivity index (χ1n) is 21.0. The number of amides is 1. The molecule has 1 N–H and O–H groups in total. The number of nitrogens with zero attached hydrogens (tertiary/aromatic N) is 3. The molecule has 0 aromatic heterocycles. The fourth-order valence-corrected chi connectivity index (χ4v) is 14.6. The predicted molar refractivity (Wildman–Crippen MR) is 197 cm³/mol. The number of carbonyl (C=O) groups is 1. The van der Waals surface area contributed by atoms with E-state index < -0.39 is 6.10 Å². The Morgan fingerprint density at radius 3 is 2.41 bits per heavy atom. The summed E-state index contributed by atoms with van der Waals surface area (Å²) in [4.78, 5) is 19.5. The van der Waals surface area contributed by atoms with Crippen molar-refractivity contribution >= 4 is 6.09 Å². The van der Waals surface area contributed by atoms with Gasteiger partial charge in [-0.3, -0.25) is 4.90 Å². The summed E-state index contributed by atoms with van der Waals surface area (Å²) in [6, 6.07) is 0. The van der Waals surface area contributed by atoms with Gasteiger partial charge in [0.2, 0.25) is 0 Å². The van der Waals surface area contributed by atoms with Crippen LogP contribution in [0.25, 0.3) is 0 Å². The highest BCUT2D eigenvalue weighted by molar-refractivity contribution is 5.68. The molecule has 290 valence electrons. The fraction of sp³-hybridized carbons (Fsp3) is 0.976. The average molecular weight is 714 g/mol. The van der Waals surface area contributed by atoms with Crippen molar-refractivity contribution in [3.05, 3.63) is 0 Å². The van der Waals surface area contributed by atoms with Crippen LogP contribution in [-0.2, 0) is 18.9 Å². The first kappa shape index (κ1) is 37.0. The van der Waals surface area contributed by atoms with E-state index in [-0.39, 0.29) is 59.0 Å². The average Bonchev–Trinajstić information content (AvgIpc) is 3.68. The van der Waals surface area contributed by atoms with Gasteiger partial charge in [-0.15, -0.1) is 0 Å². The Morgan fingerprint density at radius 2 is 1.73 bits per heavy atom. The number of likely N-dealkylation sites (tertiary alicyclic amines) is 1. The minimum absolute atomic E-state index is 0.0161. The van der Waals surface area contributed by atoms with Crippen LogP contribution in [0.3, 0.4) is 0 Å². The van der Waals surface area contributed by atoms with Gasteiger partial charge in [-0.05, 0) is 123 Å². The van der Waals surface area contributed by atoms with Crippen LogP contribution in [0.2, 0.25) is 0 Å². The molecular weight excluding hydrogens is 642 g/mol. The van der Waals surface area contributed by atoms with E-state index in [0.29, 0.717) is 34.5 Å². The van der Waals surface area contributed by atoms with Crippen LogP contribution in [0.15, 0.2) is 0 Å². The molecule has 9 nitrogen and oxygen atoms in total. The lowest BCUT2D eigenvalue weighted by molar-refractivity contribution is -0.249. The molecule has 0 bridgehead atoms. The van der Waals surface area contributed by atoms with Gasteiger partial charge in [0.15, 0.2) is 6.29 Å². The summed E-state index contributed by atoms with van der Waals surface area (Å²) in [5.41, 5.74) is 0.549. The van der Waals surface area contributed by atoms with E-state index in [1.165, 1.54) is 38.5 Å². The van der Waals surface area contributed by atoms with Crippen LogP contribution in [0.4, 0.5) is 4.79 Å². The minimum atomic E-state index is -0.514. The SMILES string of the molecule is CC(C)[C@@H](OC(=O)N1CCC1)C1C[C@@H](C)[C@H]2C(O1)[C@H](O)[C@@]1(C)C3CC[C@H]4C(C)(C)[C@@H](O[C@H]5CN(CCN(C)C)CCO5)CC[C@@]45CC35CC[C@]21C. The van der Waals surface area contributed by atoms with Crippen molar-refractivity contribution in [2.75, 3.05) is 60.0 Å². The lowest BCUT2D eigenvalue weighted by atomic mass is 9.41. The zero-order valence-corrected chi connectivity index (χ0v) is 33.5. The number of likely N-dealkylation sites (N-methyl/N-ethyl adjacent to an activating group) is 1.